The fraction of sp³-hybridized carbons (Fsp3) is 0.571. The number of anilines is 1. The first kappa shape index (κ1) is 20.5. The predicted octanol–water partition coefficient (Wildman–Crippen LogP) is 1.62. The Kier molecular flexibility index (Phi) is 6.46. The molecule has 3 rings (SSSR count). The Balaban J connectivity index is 1.71. The fourth-order valence-electron chi connectivity index (χ4n) is 3.75. The van der Waals surface area contributed by atoms with E-state index in [1.807, 2.05) is 12.1 Å². The molecule has 1 aromatic rings. The van der Waals surface area contributed by atoms with Gasteiger partial charge in [0.25, 0.3) is 5.91 Å². The number of hydrogen-bond acceptors (Lipinski definition) is 5. The Morgan fingerprint density at radius 2 is 1.82 bits per heavy atom. The van der Waals surface area contributed by atoms with Crippen LogP contribution < -0.4 is 4.90 Å². The number of amides is 3. The number of nitrogens with zero attached hydrogens (tertiary/aromatic N) is 3. The van der Waals surface area contributed by atoms with Crippen LogP contribution in [0.25, 0.3) is 0 Å². The summed E-state index contributed by atoms with van der Waals surface area (Å²) in [6, 6.07) is 6.76. The van der Waals surface area contributed by atoms with E-state index in [4.69, 9.17) is 4.74 Å². The highest BCUT2D eigenvalue weighted by atomic mass is 16.5. The van der Waals surface area contributed by atoms with Crippen molar-refractivity contribution < 1.29 is 19.1 Å². The Labute approximate surface area is 166 Å². The van der Waals surface area contributed by atoms with Crippen LogP contribution in [-0.4, -0.2) is 73.0 Å². The van der Waals surface area contributed by atoms with Crippen LogP contribution in [0.2, 0.25) is 0 Å². The fourth-order valence-corrected chi connectivity index (χ4v) is 3.75. The number of rotatable bonds is 6. The zero-order valence-corrected chi connectivity index (χ0v) is 16.9. The molecule has 0 radical (unpaired) electrons. The number of ether oxygens (including phenoxy) is 1. The molecule has 28 heavy (non-hydrogen) atoms. The molecule has 3 amide bonds. The van der Waals surface area contributed by atoms with E-state index in [9.17, 15) is 14.4 Å². The first-order valence-corrected chi connectivity index (χ1v) is 9.92. The summed E-state index contributed by atoms with van der Waals surface area (Å²) >= 11 is 0. The third kappa shape index (κ3) is 4.42. The molecule has 2 aliphatic rings. The van der Waals surface area contributed by atoms with Crippen LogP contribution in [0.15, 0.2) is 24.3 Å². The molecule has 0 N–H and O–H groups in total. The van der Waals surface area contributed by atoms with Crippen LogP contribution >= 0.6 is 0 Å². The second-order valence-corrected chi connectivity index (χ2v) is 7.70. The summed E-state index contributed by atoms with van der Waals surface area (Å²) in [5.74, 6) is -0.388. The van der Waals surface area contributed by atoms with E-state index in [1.165, 1.54) is 16.7 Å². The van der Waals surface area contributed by atoms with Gasteiger partial charge in [0.05, 0.1) is 25.3 Å². The number of morpholine rings is 1. The Bertz CT molecular complexity index is 726. The maximum Gasteiger partial charge on any atom is 0.257 e. The van der Waals surface area contributed by atoms with Gasteiger partial charge in [0.15, 0.2) is 0 Å². The minimum Gasteiger partial charge on any atom is -0.379 e. The Morgan fingerprint density at radius 1 is 1.18 bits per heavy atom. The highest BCUT2D eigenvalue weighted by Crippen LogP contribution is 2.27. The van der Waals surface area contributed by atoms with Gasteiger partial charge in [0, 0.05) is 33.1 Å². The molecule has 2 fully saturated rings. The largest absolute Gasteiger partial charge is 0.379 e. The number of benzene rings is 1. The molecule has 7 heteroatoms. The SMILES string of the molecule is CC(=O)N(CCN1CCOCC1)C1CC(=O)N(c2ccc(C(C)C)cc2)C1=O. The van der Waals surface area contributed by atoms with Crippen LogP contribution in [0.4, 0.5) is 5.69 Å². The van der Waals surface area contributed by atoms with Crippen molar-refractivity contribution in [2.45, 2.75) is 39.2 Å². The van der Waals surface area contributed by atoms with E-state index >= 15 is 0 Å². The van der Waals surface area contributed by atoms with Crippen LogP contribution in [0, 0.1) is 0 Å². The average Bonchev–Trinajstić information content (AvgIpc) is 2.96. The van der Waals surface area contributed by atoms with Gasteiger partial charge >= 0.3 is 0 Å². The number of hydrogen-bond donors (Lipinski definition) is 0. The van der Waals surface area contributed by atoms with Crippen LogP contribution in [0.1, 0.15) is 38.7 Å². The Hall–Kier alpha value is -2.25. The van der Waals surface area contributed by atoms with Crippen molar-refractivity contribution in [1.82, 2.24) is 9.80 Å². The van der Waals surface area contributed by atoms with Crippen LogP contribution in [-0.2, 0) is 19.1 Å². The molecular formula is C21H29N3O4. The van der Waals surface area contributed by atoms with Crippen molar-refractivity contribution in [2.75, 3.05) is 44.3 Å². The van der Waals surface area contributed by atoms with Gasteiger partial charge in [0.1, 0.15) is 6.04 Å². The number of carbonyl (C=O) groups is 3. The van der Waals surface area contributed by atoms with Gasteiger partial charge in [-0.05, 0) is 23.6 Å². The minimum atomic E-state index is -0.726. The molecule has 7 nitrogen and oxygen atoms in total. The molecule has 0 spiro atoms. The van der Waals surface area contributed by atoms with Gasteiger partial charge in [-0.1, -0.05) is 26.0 Å². The maximum absolute atomic E-state index is 13.0. The van der Waals surface area contributed by atoms with E-state index in [1.54, 1.807) is 12.1 Å². The van der Waals surface area contributed by atoms with Crippen molar-refractivity contribution in [2.24, 2.45) is 0 Å². The molecule has 2 heterocycles. The average molecular weight is 387 g/mol. The molecule has 0 saturated carbocycles. The molecule has 1 unspecified atom stereocenters. The number of carbonyl (C=O) groups excluding carboxylic acids is 3. The number of imide groups is 1. The molecule has 0 aromatic heterocycles. The van der Waals surface area contributed by atoms with Gasteiger partial charge in [-0.25, -0.2) is 4.90 Å². The van der Waals surface area contributed by atoms with E-state index in [-0.39, 0.29) is 24.1 Å². The topological polar surface area (TPSA) is 70.2 Å². The molecule has 152 valence electrons. The first-order valence-electron chi connectivity index (χ1n) is 9.92. The summed E-state index contributed by atoms with van der Waals surface area (Å²) in [5.41, 5.74) is 1.72. The third-order valence-corrected chi connectivity index (χ3v) is 5.48. The lowest BCUT2D eigenvalue weighted by Gasteiger charge is -2.31. The lowest BCUT2D eigenvalue weighted by atomic mass is 10.0. The van der Waals surface area contributed by atoms with E-state index in [0.717, 1.165) is 18.7 Å². The molecule has 2 aliphatic heterocycles. The van der Waals surface area contributed by atoms with E-state index in [2.05, 4.69) is 18.7 Å². The van der Waals surface area contributed by atoms with Crippen molar-refractivity contribution in [3.63, 3.8) is 0 Å². The van der Waals surface area contributed by atoms with Crippen molar-refractivity contribution in [3.8, 4) is 0 Å². The van der Waals surface area contributed by atoms with Gasteiger partial charge in [-0.3, -0.25) is 19.3 Å². The highest BCUT2D eigenvalue weighted by Gasteiger charge is 2.43. The summed E-state index contributed by atoms with van der Waals surface area (Å²) in [6.45, 7) is 9.74. The lowest BCUT2D eigenvalue weighted by Crippen LogP contribution is -2.49. The van der Waals surface area contributed by atoms with Gasteiger partial charge in [-0.2, -0.15) is 0 Å². The predicted molar refractivity (Wildman–Crippen MR) is 106 cm³/mol. The zero-order chi connectivity index (χ0) is 20.3. The third-order valence-electron chi connectivity index (χ3n) is 5.48. The second kappa shape index (κ2) is 8.84. The molecular weight excluding hydrogens is 358 g/mol. The Morgan fingerprint density at radius 3 is 2.39 bits per heavy atom. The van der Waals surface area contributed by atoms with Crippen molar-refractivity contribution >= 4 is 23.4 Å². The first-order chi connectivity index (χ1) is 13.4. The molecule has 1 atom stereocenters. The smallest absolute Gasteiger partial charge is 0.257 e. The maximum atomic E-state index is 13.0. The van der Waals surface area contributed by atoms with Crippen molar-refractivity contribution in [1.29, 1.82) is 0 Å². The van der Waals surface area contributed by atoms with E-state index in [0.29, 0.717) is 37.9 Å². The summed E-state index contributed by atoms with van der Waals surface area (Å²) in [6.07, 6.45) is 0.0352. The standard InChI is InChI=1S/C21H29N3O4/c1-15(2)17-4-6-18(7-5-17)24-20(26)14-19(21(24)27)23(16(3)25)9-8-22-10-12-28-13-11-22/h4-7,15,19H,8-14H2,1-3H3. The molecule has 0 bridgehead atoms. The van der Waals surface area contributed by atoms with Crippen LogP contribution in [0.5, 0.6) is 0 Å². The summed E-state index contributed by atoms with van der Waals surface area (Å²) in [5, 5.41) is 0. The van der Waals surface area contributed by atoms with Gasteiger partial charge in [-0.15, -0.1) is 0 Å². The highest BCUT2D eigenvalue weighted by molar-refractivity contribution is 6.23. The minimum absolute atomic E-state index is 0.0352. The summed E-state index contributed by atoms with van der Waals surface area (Å²) in [7, 11) is 0. The zero-order valence-electron chi connectivity index (χ0n) is 16.9. The summed E-state index contributed by atoms with van der Waals surface area (Å²) < 4.78 is 5.34. The lowest BCUT2D eigenvalue weighted by molar-refractivity contribution is -0.136. The molecule has 2 saturated heterocycles. The monoisotopic (exact) mass is 387 g/mol. The van der Waals surface area contributed by atoms with Gasteiger partial charge in [0.2, 0.25) is 11.8 Å². The molecule has 1 aromatic carbocycles. The summed E-state index contributed by atoms with van der Waals surface area (Å²) in [4.78, 5) is 42.8. The van der Waals surface area contributed by atoms with E-state index < -0.39 is 6.04 Å². The van der Waals surface area contributed by atoms with Crippen molar-refractivity contribution in [3.05, 3.63) is 29.8 Å². The normalized spacial score (nSPS) is 20.9. The molecule has 0 aliphatic carbocycles. The second-order valence-electron chi connectivity index (χ2n) is 7.70. The van der Waals surface area contributed by atoms with Crippen LogP contribution in [0.3, 0.4) is 0 Å². The quantitative estimate of drug-likeness (QED) is 0.694. The van der Waals surface area contributed by atoms with Gasteiger partial charge < -0.3 is 9.64 Å².